The first-order valence-corrected chi connectivity index (χ1v) is 5.51. The first-order chi connectivity index (χ1) is 7.86. The van der Waals surface area contributed by atoms with Gasteiger partial charge in [0.1, 0.15) is 0 Å². The second kappa shape index (κ2) is 4.13. The Balaban J connectivity index is 1.93. The van der Waals surface area contributed by atoms with E-state index in [1.54, 1.807) is 4.90 Å². The molecule has 0 unspecified atom stereocenters. The van der Waals surface area contributed by atoms with Crippen LogP contribution >= 0.6 is 11.5 Å². The van der Waals surface area contributed by atoms with Gasteiger partial charge in [0, 0.05) is 30.5 Å². The van der Waals surface area contributed by atoms with E-state index in [1.165, 1.54) is 0 Å². The van der Waals surface area contributed by atoms with E-state index < -0.39 is 18.0 Å². The van der Waals surface area contributed by atoms with Crippen molar-refractivity contribution in [1.82, 2.24) is 9.36 Å². The SMILES string of the molecule is O=C(O)CC1CN(c2nc(C(F)(F)F)ns2)C1. The third-order valence-corrected chi connectivity index (χ3v) is 3.14. The molecule has 0 spiro atoms. The summed E-state index contributed by atoms with van der Waals surface area (Å²) in [5.41, 5.74) is 0. The van der Waals surface area contributed by atoms with Crippen molar-refractivity contribution in [3.63, 3.8) is 0 Å². The highest BCUT2D eigenvalue weighted by atomic mass is 32.1. The summed E-state index contributed by atoms with van der Waals surface area (Å²) in [5.74, 6) is -2.06. The van der Waals surface area contributed by atoms with Crippen LogP contribution in [0.25, 0.3) is 0 Å². The predicted molar refractivity (Wildman–Crippen MR) is 52.9 cm³/mol. The van der Waals surface area contributed by atoms with Gasteiger partial charge < -0.3 is 10.0 Å². The van der Waals surface area contributed by atoms with Gasteiger partial charge in [-0.2, -0.15) is 22.5 Å². The van der Waals surface area contributed by atoms with E-state index in [4.69, 9.17) is 5.11 Å². The summed E-state index contributed by atoms with van der Waals surface area (Å²) in [6.45, 7) is 0.831. The fourth-order valence-corrected chi connectivity index (χ4v) is 2.27. The van der Waals surface area contributed by atoms with Gasteiger partial charge in [-0.3, -0.25) is 4.79 Å². The zero-order chi connectivity index (χ0) is 12.6. The summed E-state index contributed by atoms with van der Waals surface area (Å²) in [5, 5.41) is 8.72. The number of nitrogens with zero attached hydrogens (tertiary/aromatic N) is 3. The van der Waals surface area contributed by atoms with E-state index in [0.29, 0.717) is 24.6 Å². The molecule has 5 nitrogen and oxygen atoms in total. The fourth-order valence-electron chi connectivity index (χ4n) is 1.56. The summed E-state index contributed by atoms with van der Waals surface area (Å²) in [6, 6.07) is 0. The molecule has 9 heteroatoms. The van der Waals surface area contributed by atoms with Crippen molar-refractivity contribution in [1.29, 1.82) is 0 Å². The molecule has 1 aromatic rings. The molecular formula is C8H8F3N3O2S. The van der Waals surface area contributed by atoms with Gasteiger partial charge in [0.15, 0.2) is 0 Å². The van der Waals surface area contributed by atoms with Crippen LogP contribution in [0, 0.1) is 5.92 Å². The topological polar surface area (TPSA) is 66.3 Å². The highest BCUT2D eigenvalue weighted by molar-refractivity contribution is 7.09. The fraction of sp³-hybridized carbons (Fsp3) is 0.625. The first-order valence-electron chi connectivity index (χ1n) is 4.74. The number of hydrogen-bond donors (Lipinski definition) is 1. The molecule has 1 aliphatic rings. The first kappa shape index (κ1) is 12.1. The van der Waals surface area contributed by atoms with Crippen LogP contribution < -0.4 is 4.90 Å². The number of anilines is 1. The number of halogens is 3. The van der Waals surface area contributed by atoms with E-state index in [1.807, 2.05) is 0 Å². The predicted octanol–water partition coefficient (Wildman–Crippen LogP) is 1.47. The van der Waals surface area contributed by atoms with E-state index in [9.17, 15) is 18.0 Å². The molecule has 0 saturated carbocycles. The van der Waals surface area contributed by atoms with Crippen LogP contribution in [0.2, 0.25) is 0 Å². The lowest BCUT2D eigenvalue weighted by atomic mass is 9.97. The number of aliphatic carboxylic acids is 1. The number of aromatic nitrogens is 2. The summed E-state index contributed by atoms with van der Waals surface area (Å²) >= 11 is 0.679. The summed E-state index contributed by atoms with van der Waals surface area (Å²) in [7, 11) is 0. The van der Waals surface area contributed by atoms with Crippen molar-refractivity contribution in [3.05, 3.63) is 5.82 Å². The van der Waals surface area contributed by atoms with Gasteiger partial charge in [0.05, 0.1) is 6.42 Å². The van der Waals surface area contributed by atoms with Gasteiger partial charge >= 0.3 is 12.1 Å². The largest absolute Gasteiger partial charge is 0.481 e. The van der Waals surface area contributed by atoms with Gasteiger partial charge in [0.25, 0.3) is 0 Å². The maximum absolute atomic E-state index is 12.2. The Bertz CT molecular complexity index is 428. The lowest BCUT2D eigenvalue weighted by Gasteiger charge is -2.37. The Morgan fingerprint density at radius 2 is 2.18 bits per heavy atom. The van der Waals surface area contributed by atoms with Gasteiger partial charge in [-0.25, -0.2) is 0 Å². The van der Waals surface area contributed by atoms with Crippen LogP contribution in [-0.2, 0) is 11.0 Å². The number of carboxylic acid groups (broad SMARTS) is 1. The molecule has 1 saturated heterocycles. The van der Waals surface area contributed by atoms with Crippen LogP contribution in [-0.4, -0.2) is 33.5 Å². The van der Waals surface area contributed by atoms with Gasteiger partial charge in [-0.05, 0) is 0 Å². The zero-order valence-corrected chi connectivity index (χ0v) is 9.25. The normalized spacial score (nSPS) is 17.0. The smallest absolute Gasteiger partial charge is 0.452 e. The third-order valence-electron chi connectivity index (χ3n) is 2.36. The molecule has 1 N–H and O–H groups in total. The average Bonchev–Trinajstić information content (AvgIpc) is 2.57. The Kier molecular flexibility index (Phi) is 2.94. The maximum atomic E-state index is 12.2. The van der Waals surface area contributed by atoms with Crippen molar-refractivity contribution in [2.45, 2.75) is 12.6 Å². The maximum Gasteiger partial charge on any atom is 0.452 e. The second-order valence-corrected chi connectivity index (χ2v) is 4.50. The standard InChI is InChI=1S/C8H8F3N3O2S/c9-8(10,11)6-12-7(17-13-6)14-2-4(3-14)1-5(15)16/h4H,1-3H2,(H,15,16). The third kappa shape index (κ3) is 2.65. The highest BCUT2D eigenvalue weighted by Crippen LogP contribution is 2.33. The molecule has 0 aromatic carbocycles. The number of hydrogen-bond acceptors (Lipinski definition) is 5. The molecule has 0 amide bonds. The van der Waals surface area contributed by atoms with E-state index in [2.05, 4.69) is 9.36 Å². The Labute approximate surface area is 98.0 Å². The Hall–Kier alpha value is -1.38. The van der Waals surface area contributed by atoms with Crippen molar-refractivity contribution in [3.8, 4) is 0 Å². The average molecular weight is 267 g/mol. The van der Waals surface area contributed by atoms with Crippen molar-refractivity contribution in [2.75, 3.05) is 18.0 Å². The molecule has 1 fully saturated rings. The lowest BCUT2D eigenvalue weighted by Crippen LogP contribution is -2.47. The van der Waals surface area contributed by atoms with Crippen LogP contribution in [0.3, 0.4) is 0 Å². The molecule has 1 aromatic heterocycles. The molecule has 94 valence electrons. The van der Waals surface area contributed by atoms with Crippen LogP contribution in [0.5, 0.6) is 0 Å². The van der Waals surface area contributed by atoms with E-state index >= 15 is 0 Å². The minimum atomic E-state index is -4.53. The van der Waals surface area contributed by atoms with Crippen molar-refractivity contribution in [2.24, 2.45) is 5.92 Å². The molecule has 17 heavy (non-hydrogen) atoms. The Morgan fingerprint density at radius 1 is 1.53 bits per heavy atom. The molecular weight excluding hydrogens is 259 g/mol. The molecule has 2 rings (SSSR count). The molecule has 0 bridgehead atoms. The summed E-state index contributed by atoms with van der Waals surface area (Å²) in [4.78, 5) is 15.4. The molecule has 0 radical (unpaired) electrons. The molecule has 0 atom stereocenters. The van der Waals surface area contributed by atoms with Crippen LogP contribution in [0.4, 0.5) is 18.3 Å². The van der Waals surface area contributed by atoms with Crippen LogP contribution in [0.1, 0.15) is 12.2 Å². The number of alkyl halides is 3. The van der Waals surface area contributed by atoms with Gasteiger partial charge in [0.2, 0.25) is 11.0 Å². The van der Waals surface area contributed by atoms with E-state index in [-0.39, 0.29) is 17.5 Å². The van der Waals surface area contributed by atoms with E-state index in [0.717, 1.165) is 0 Å². The molecule has 2 heterocycles. The molecule has 1 aliphatic heterocycles. The number of carbonyl (C=O) groups is 1. The zero-order valence-electron chi connectivity index (χ0n) is 8.44. The van der Waals surface area contributed by atoms with Gasteiger partial charge in [-0.15, -0.1) is 0 Å². The minimum absolute atomic E-state index is 0.0225. The monoisotopic (exact) mass is 267 g/mol. The van der Waals surface area contributed by atoms with Gasteiger partial charge in [-0.1, -0.05) is 0 Å². The molecule has 0 aliphatic carbocycles. The summed E-state index contributed by atoms with van der Waals surface area (Å²) in [6.07, 6.45) is -4.50. The number of rotatable bonds is 3. The minimum Gasteiger partial charge on any atom is -0.481 e. The van der Waals surface area contributed by atoms with Crippen molar-refractivity contribution < 1.29 is 23.1 Å². The quantitative estimate of drug-likeness (QED) is 0.898. The number of carboxylic acids is 1. The van der Waals surface area contributed by atoms with Crippen LogP contribution in [0.15, 0.2) is 0 Å². The lowest BCUT2D eigenvalue weighted by molar-refractivity contribution is -0.144. The second-order valence-electron chi connectivity index (χ2n) is 3.77. The Morgan fingerprint density at radius 3 is 2.65 bits per heavy atom. The van der Waals surface area contributed by atoms with Crippen molar-refractivity contribution >= 4 is 22.6 Å². The summed E-state index contributed by atoms with van der Waals surface area (Å²) < 4.78 is 39.9. The highest BCUT2D eigenvalue weighted by Gasteiger charge is 2.38.